The second-order valence-corrected chi connectivity index (χ2v) is 6.69. The van der Waals surface area contributed by atoms with Crippen LogP contribution in [0.25, 0.3) is 0 Å². The number of ether oxygens (including phenoxy) is 1. The number of rotatable bonds is 10. The van der Waals surface area contributed by atoms with Gasteiger partial charge in [0.05, 0.1) is 6.61 Å². The van der Waals surface area contributed by atoms with Crippen molar-refractivity contribution in [2.45, 2.75) is 65.2 Å². The SMILES string of the molecule is CCCCCCCCc1ccc(C#Cc2ccc(OCCC)cc2)nc1. The maximum absolute atomic E-state index is 5.59. The summed E-state index contributed by atoms with van der Waals surface area (Å²) in [5.74, 6) is 7.20. The van der Waals surface area contributed by atoms with Gasteiger partial charge in [-0.2, -0.15) is 0 Å². The number of pyridine rings is 1. The van der Waals surface area contributed by atoms with Gasteiger partial charge in [0, 0.05) is 11.8 Å². The molecule has 0 N–H and O–H groups in total. The molecule has 0 bridgehead atoms. The van der Waals surface area contributed by atoms with Crippen molar-refractivity contribution in [1.82, 2.24) is 4.98 Å². The Bertz CT molecular complexity index is 677. The Kier molecular flexibility index (Phi) is 9.36. The smallest absolute Gasteiger partial charge is 0.119 e. The molecule has 0 aliphatic carbocycles. The van der Waals surface area contributed by atoms with Gasteiger partial charge in [-0.25, -0.2) is 4.98 Å². The number of benzene rings is 1. The Morgan fingerprint density at radius 1 is 0.808 bits per heavy atom. The lowest BCUT2D eigenvalue weighted by atomic mass is 10.1. The first-order valence-electron chi connectivity index (χ1n) is 10.0. The molecule has 2 heteroatoms. The minimum absolute atomic E-state index is 0.750. The highest BCUT2D eigenvalue weighted by Crippen LogP contribution is 2.12. The van der Waals surface area contributed by atoms with E-state index >= 15 is 0 Å². The van der Waals surface area contributed by atoms with Crippen LogP contribution in [0, 0.1) is 11.8 Å². The average molecular weight is 350 g/mol. The van der Waals surface area contributed by atoms with Crippen molar-refractivity contribution in [1.29, 1.82) is 0 Å². The molecule has 0 aliphatic heterocycles. The number of hydrogen-bond donors (Lipinski definition) is 0. The van der Waals surface area contributed by atoms with Crippen LogP contribution in [0.15, 0.2) is 42.6 Å². The molecule has 2 rings (SSSR count). The van der Waals surface area contributed by atoms with E-state index in [2.05, 4.69) is 36.7 Å². The zero-order valence-corrected chi connectivity index (χ0v) is 16.3. The van der Waals surface area contributed by atoms with Crippen molar-refractivity contribution >= 4 is 0 Å². The molecule has 138 valence electrons. The van der Waals surface area contributed by atoms with Crippen molar-refractivity contribution in [3.63, 3.8) is 0 Å². The second-order valence-electron chi connectivity index (χ2n) is 6.69. The summed E-state index contributed by atoms with van der Waals surface area (Å²) in [7, 11) is 0. The lowest BCUT2D eigenvalue weighted by molar-refractivity contribution is 0.317. The van der Waals surface area contributed by atoms with Crippen LogP contribution in [0.4, 0.5) is 0 Å². The van der Waals surface area contributed by atoms with Gasteiger partial charge in [0.2, 0.25) is 0 Å². The van der Waals surface area contributed by atoms with Gasteiger partial charge in [0.25, 0.3) is 0 Å². The number of unbranched alkanes of at least 4 members (excludes halogenated alkanes) is 5. The van der Waals surface area contributed by atoms with Crippen LogP contribution in [0.1, 0.15) is 75.6 Å². The Labute approximate surface area is 159 Å². The fourth-order valence-electron chi connectivity index (χ4n) is 2.75. The zero-order valence-electron chi connectivity index (χ0n) is 16.3. The first-order valence-corrected chi connectivity index (χ1v) is 10.0. The first-order chi connectivity index (χ1) is 12.8. The van der Waals surface area contributed by atoms with Crippen molar-refractivity contribution in [3.05, 3.63) is 59.4 Å². The van der Waals surface area contributed by atoms with E-state index in [-0.39, 0.29) is 0 Å². The zero-order chi connectivity index (χ0) is 18.5. The molecule has 0 unspecified atom stereocenters. The van der Waals surface area contributed by atoms with Crippen LogP contribution in [-0.4, -0.2) is 11.6 Å². The highest BCUT2D eigenvalue weighted by atomic mass is 16.5. The van der Waals surface area contributed by atoms with Gasteiger partial charge < -0.3 is 4.74 Å². The van der Waals surface area contributed by atoms with Crippen LogP contribution in [0.2, 0.25) is 0 Å². The molecule has 0 aliphatic rings. The summed E-state index contributed by atoms with van der Waals surface area (Å²) >= 11 is 0. The predicted octanol–water partition coefficient (Wildman–Crippen LogP) is 6.17. The van der Waals surface area contributed by atoms with Crippen LogP contribution < -0.4 is 4.74 Å². The number of hydrogen-bond acceptors (Lipinski definition) is 2. The summed E-state index contributed by atoms with van der Waals surface area (Å²) in [6, 6.07) is 12.1. The molecular formula is C24H31NO. The van der Waals surface area contributed by atoms with Gasteiger partial charge in [0.15, 0.2) is 0 Å². The highest BCUT2D eigenvalue weighted by Gasteiger charge is 1.96. The fourth-order valence-corrected chi connectivity index (χ4v) is 2.75. The van der Waals surface area contributed by atoms with E-state index in [4.69, 9.17) is 4.74 Å². The minimum atomic E-state index is 0.750. The van der Waals surface area contributed by atoms with Crippen molar-refractivity contribution in [3.8, 4) is 17.6 Å². The number of nitrogens with zero attached hydrogens (tertiary/aromatic N) is 1. The molecule has 1 aromatic carbocycles. The number of aromatic nitrogens is 1. The molecule has 0 atom stereocenters. The van der Waals surface area contributed by atoms with E-state index in [1.54, 1.807) is 0 Å². The van der Waals surface area contributed by atoms with Crippen LogP contribution in [0.5, 0.6) is 5.75 Å². The summed E-state index contributed by atoms with van der Waals surface area (Å²) in [6.45, 7) is 5.11. The molecule has 1 aromatic heterocycles. The second kappa shape index (κ2) is 12.1. The van der Waals surface area contributed by atoms with E-state index in [1.807, 2.05) is 36.5 Å². The maximum atomic E-state index is 5.59. The predicted molar refractivity (Wildman–Crippen MR) is 110 cm³/mol. The Balaban J connectivity index is 1.79. The fraction of sp³-hybridized carbons (Fsp3) is 0.458. The molecule has 0 amide bonds. The molecular weight excluding hydrogens is 318 g/mol. The summed E-state index contributed by atoms with van der Waals surface area (Å²) in [5.41, 5.74) is 3.11. The third-order valence-corrected chi connectivity index (χ3v) is 4.31. The van der Waals surface area contributed by atoms with Crippen LogP contribution in [0.3, 0.4) is 0 Å². The number of aryl methyl sites for hydroxylation is 1. The monoisotopic (exact) mass is 349 g/mol. The third-order valence-electron chi connectivity index (χ3n) is 4.31. The van der Waals surface area contributed by atoms with Crippen molar-refractivity contribution in [2.75, 3.05) is 6.61 Å². The molecule has 0 saturated heterocycles. The highest BCUT2D eigenvalue weighted by molar-refractivity contribution is 5.42. The molecule has 1 heterocycles. The van der Waals surface area contributed by atoms with E-state index in [1.165, 1.54) is 44.1 Å². The topological polar surface area (TPSA) is 22.1 Å². The van der Waals surface area contributed by atoms with Crippen LogP contribution >= 0.6 is 0 Å². The summed E-state index contributed by atoms with van der Waals surface area (Å²) < 4.78 is 5.59. The van der Waals surface area contributed by atoms with Gasteiger partial charge in [0.1, 0.15) is 11.4 Å². The first kappa shape index (κ1) is 20.0. The average Bonchev–Trinajstić information content (AvgIpc) is 2.69. The minimum Gasteiger partial charge on any atom is -0.494 e. The normalized spacial score (nSPS) is 10.2. The lowest BCUT2D eigenvalue weighted by Crippen LogP contribution is -1.94. The Morgan fingerprint density at radius 3 is 2.27 bits per heavy atom. The Morgan fingerprint density at radius 2 is 1.58 bits per heavy atom. The molecule has 26 heavy (non-hydrogen) atoms. The molecule has 0 saturated carbocycles. The van der Waals surface area contributed by atoms with Gasteiger partial charge in [-0.15, -0.1) is 0 Å². The third kappa shape index (κ3) is 7.74. The molecule has 2 aromatic rings. The summed E-state index contributed by atoms with van der Waals surface area (Å²) in [4.78, 5) is 4.48. The van der Waals surface area contributed by atoms with Crippen molar-refractivity contribution in [2.24, 2.45) is 0 Å². The standard InChI is InChI=1S/C24H31NO/c1-3-5-6-7-8-9-10-22-12-16-23(25-20-22)15-11-21-13-17-24(18-14-21)26-19-4-2/h12-14,16-18,20H,3-10,19H2,1-2H3. The summed E-state index contributed by atoms with van der Waals surface area (Å²) in [6.07, 6.45) is 12.1. The van der Waals surface area contributed by atoms with E-state index in [9.17, 15) is 0 Å². The molecule has 0 radical (unpaired) electrons. The van der Waals surface area contributed by atoms with Crippen molar-refractivity contribution < 1.29 is 4.74 Å². The van der Waals surface area contributed by atoms with E-state index < -0.39 is 0 Å². The maximum Gasteiger partial charge on any atom is 0.119 e. The lowest BCUT2D eigenvalue weighted by Gasteiger charge is -2.03. The Hall–Kier alpha value is -2.27. The molecule has 2 nitrogen and oxygen atoms in total. The van der Waals surface area contributed by atoms with Gasteiger partial charge >= 0.3 is 0 Å². The quantitative estimate of drug-likeness (QED) is 0.378. The molecule has 0 spiro atoms. The molecule has 0 fully saturated rings. The van der Waals surface area contributed by atoms with E-state index in [0.29, 0.717) is 0 Å². The van der Waals surface area contributed by atoms with Crippen LogP contribution in [-0.2, 0) is 6.42 Å². The van der Waals surface area contributed by atoms with Gasteiger partial charge in [-0.05, 0) is 61.1 Å². The van der Waals surface area contributed by atoms with E-state index in [0.717, 1.165) is 36.5 Å². The largest absolute Gasteiger partial charge is 0.494 e. The summed E-state index contributed by atoms with van der Waals surface area (Å²) in [5, 5.41) is 0. The van der Waals surface area contributed by atoms with Gasteiger partial charge in [-0.3, -0.25) is 0 Å². The van der Waals surface area contributed by atoms with Gasteiger partial charge in [-0.1, -0.05) is 57.9 Å².